The van der Waals surface area contributed by atoms with E-state index in [0.29, 0.717) is 13.1 Å². The largest absolute Gasteiger partial charge is 0.339 e. The molecule has 0 atom stereocenters. The molecule has 2 aromatic carbocycles. The van der Waals surface area contributed by atoms with Crippen LogP contribution in [0.3, 0.4) is 0 Å². The SMILES string of the molecule is CCc1ccc(/C=C/C(=O)N2CCC(C(=O)c3ccccc3)CC2)cc1. The number of hydrogen-bond donors (Lipinski definition) is 0. The van der Waals surface area contributed by atoms with Gasteiger partial charge in [-0.1, -0.05) is 61.5 Å². The Balaban J connectivity index is 1.53. The van der Waals surface area contributed by atoms with Gasteiger partial charge < -0.3 is 4.90 Å². The second-order valence-electron chi connectivity index (χ2n) is 6.76. The molecule has 0 N–H and O–H groups in total. The summed E-state index contributed by atoms with van der Waals surface area (Å²) < 4.78 is 0. The molecule has 3 rings (SSSR count). The molecule has 1 aliphatic heterocycles. The van der Waals surface area contributed by atoms with Crippen LogP contribution in [0.2, 0.25) is 0 Å². The molecule has 0 aliphatic carbocycles. The minimum absolute atomic E-state index is 0.0204. The Morgan fingerprint density at radius 3 is 2.27 bits per heavy atom. The molecule has 3 nitrogen and oxygen atoms in total. The van der Waals surface area contributed by atoms with Crippen LogP contribution in [0.1, 0.15) is 41.3 Å². The maximum absolute atomic E-state index is 12.5. The molecule has 1 fully saturated rings. The molecule has 0 aromatic heterocycles. The van der Waals surface area contributed by atoms with Crippen molar-refractivity contribution in [3.05, 3.63) is 77.4 Å². The van der Waals surface area contributed by atoms with Gasteiger partial charge in [0, 0.05) is 30.6 Å². The van der Waals surface area contributed by atoms with Crippen molar-refractivity contribution in [2.24, 2.45) is 5.92 Å². The van der Waals surface area contributed by atoms with E-state index in [0.717, 1.165) is 30.4 Å². The molecule has 1 heterocycles. The lowest BCUT2D eigenvalue weighted by molar-refractivity contribution is -0.127. The molecule has 3 heteroatoms. The van der Waals surface area contributed by atoms with Crippen molar-refractivity contribution < 1.29 is 9.59 Å². The fraction of sp³-hybridized carbons (Fsp3) is 0.304. The molecule has 134 valence electrons. The van der Waals surface area contributed by atoms with Gasteiger partial charge in [-0.3, -0.25) is 9.59 Å². The molecule has 0 bridgehead atoms. The van der Waals surface area contributed by atoms with Gasteiger partial charge in [-0.15, -0.1) is 0 Å². The first-order chi connectivity index (χ1) is 12.7. The molecular formula is C23H25NO2. The second kappa shape index (κ2) is 8.61. The Morgan fingerprint density at radius 2 is 1.65 bits per heavy atom. The summed E-state index contributed by atoms with van der Waals surface area (Å²) in [5.41, 5.74) is 3.09. The normalized spacial score (nSPS) is 15.3. The highest BCUT2D eigenvalue weighted by Gasteiger charge is 2.27. The predicted molar refractivity (Wildman–Crippen MR) is 105 cm³/mol. The Kier molecular flexibility index (Phi) is 6.00. The number of benzene rings is 2. The number of Topliss-reactive ketones (excluding diaryl/α,β-unsaturated/α-hetero) is 1. The molecule has 0 spiro atoms. The summed E-state index contributed by atoms with van der Waals surface area (Å²) in [6.07, 6.45) is 5.99. The standard InChI is InChI=1S/C23H25NO2/c1-2-18-8-10-19(11-9-18)12-13-22(25)24-16-14-21(15-17-24)23(26)20-6-4-3-5-7-20/h3-13,21H,2,14-17H2,1H3/b13-12+. The van der Waals surface area contributed by atoms with E-state index in [1.54, 1.807) is 6.08 Å². The van der Waals surface area contributed by atoms with Gasteiger partial charge in [-0.25, -0.2) is 0 Å². The second-order valence-corrected chi connectivity index (χ2v) is 6.76. The van der Waals surface area contributed by atoms with Gasteiger partial charge >= 0.3 is 0 Å². The van der Waals surface area contributed by atoms with Crippen LogP contribution in [-0.2, 0) is 11.2 Å². The number of piperidine rings is 1. The van der Waals surface area contributed by atoms with Crippen LogP contribution in [0.4, 0.5) is 0 Å². The number of carbonyl (C=O) groups excluding carboxylic acids is 2. The van der Waals surface area contributed by atoms with Crippen molar-refractivity contribution in [2.45, 2.75) is 26.2 Å². The van der Waals surface area contributed by atoms with Gasteiger partial charge in [-0.2, -0.15) is 0 Å². The average Bonchev–Trinajstić information content (AvgIpc) is 2.72. The molecule has 1 aliphatic rings. The molecular weight excluding hydrogens is 322 g/mol. The molecule has 0 saturated carbocycles. The number of amides is 1. The Hall–Kier alpha value is -2.68. The van der Waals surface area contributed by atoms with Crippen LogP contribution in [0.15, 0.2) is 60.7 Å². The van der Waals surface area contributed by atoms with Crippen molar-refractivity contribution in [3.63, 3.8) is 0 Å². The van der Waals surface area contributed by atoms with Gasteiger partial charge in [0.15, 0.2) is 5.78 Å². The number of hydrogen-bond acceptors (Lipinski definition) is 2. The van der Waals surface area contributed by atoms with Crippen LogP contribution in [0, 0.1) is 5.92 Å². The number of likely N-dealkylation sites (tertiary alicyclic amines) is 1. The molecule has 1 saturated heterocycles. The van der Waals surface area contributed by atoms with Crippen LogP contribution >= 0.6 is 0 Å². The molecule has 0 unspecified atom stereocenters. The smallest absolute Gasteiger partial charge is 0.246 e. The molecule has 1 amide bonds. The average molecular weight is 347 g/mol. The fourth-order valence-electron chi connectivity index (χ4n) is 3.34. The van der Waals surface area contributed by atoms with Crippen molar-refractivity contribution in [3.8, 4) is 0 Å². The van der Waals surface area contributed by atoms with Crippen LogP contribution in [0.5, 0.6) is 0 Å². The maximum atomic E-state index is 12.5. The van der Waals surface area contributed by atoms with E-state index in [2.05, 4.69) is 19.1 Å². The van der Waals surface area contributed by atoms with E-state index in [9.17, 15) is 9.59 Å². The lowest BCUT2D eigenvalue weighted by Gasteiger charge is -2.30. The third-order valence-electron chi connectivity index (χ3n) is 5.04. The highest BCUT2D eigenvalue weighted by Crippen LogP contribution is 2.22. The minimum atomic E-state index is 0.0204. The third-order valence-corrected chi connectivity index (χ3v) is 5.04. The Morgan fingerprint density at radius 1 is 1.00 bits per heavy atom. The van der Waals surface area contributed by atoms with E-state index in [-0.39, 0.29) is 17.6 Å². The summed E-state index contributed by atoms with van der Waals surface area (Å²) in [6, 6.07) is 17.7. The molecule has 2 aromatic rings. The summed E-state index contributed by atoms with van der Waals surface area (Å²) >= 11 is 0. The zero-order valence-corrected chi connectivity index (χ0v) is 15.2. The summed E-state index contributed by atoms with van der Waals surface area (Å²) in [4.78, 5) is 26.8. The Bertz CT molecular complexity index is 770. The summed E-state index contributed by atoms with van der Waals surface area (Å²) in [5.74, 6) is 0.242. The number of aryl methyl sites for hydroxylation is 1. The zero-order chi connectivity index (χ0) is 18.4. The summed E-state index contributed by atoms with van der Waals surface area (Å²) in [5, 5.41) is 0. The Labute approximate surface area is 155 Å². The predicted octanol–water partition coefficient (Wildman–Crippen LogP) is 4.38. The number of rotatable bonds is 5. The third kappa shape index (κ3) is 4.48. The summed E-state index contributed by atoms with van der Waals surface area (Å²) in [7, 11) is 0. The fourth-order valence-corrected chi connectivity index (χ4v) is 3.34. The van der Waals surface area contributed by atoms with Crippen LogP contribution < -0.4 is 0 Å². The number of carbonyl (C=O) groups is 2. The number of nitrogens with zero attached hydrogens (tertiary/aromatic N) is 1. The molecule has 0 radical (unpaired) electrons. The summed E-state index contributed by atoms with van der Waals surface area (Å²) in [6.45, 7) is 3.41. The van der Waals surface area contributed by atoms with Gasteiger partial charge in [0.25, 0.3) is 0 Å². The monoisotopic (exact) mass is 347 g/mol. The van der Waals surface area contributed by atoms with Crippen LogP contribution in [-0.4, -0.2) is 29.7 Å². The lowest BCUT2D eigenvalue weighted by atomic mass is 9.89. The van der Waals surface area contributed by atoms with Gasteiger partial charge in [0.2, 0.25) is 5.91 Å². The highest BCUT2D eigenvalue weighted by molar-refractivity contribution is 5.98. The zero-order valence-electron chi connectivity index (χ0n) is 15.2. The molecule has 26 heavy (non-hydrogen) atoms. The van der Waals surface area contributed by atoms with E-state index in [1.165, 1.54) is 5.56 Å². The van der Waals surface area contributed by atoms with Crippen molar-refractivity contribution in [1.29, 1.82) is 0 Å². The van der Waals surface area contributed by atoms with E-state index in [1.807, 2.05) is 53.4 Å². The van der Waals surface area contributed by atoms with Crippen molar-refractivity contribution in [1.82, 2.24) is 4.90 Å². The van der Waals surface area contributed by atoms with Crippen LogP contribution in [0.25, 0.3) is 6.08 Å². The highest BCUT2D eigenvalue weighted by atomic mass is 16.2. The van der Waals surface area contributed by atoms with Gasteiger partial charge in [0.05, 0.1) is 0 Å². The maximum Gasteiger partial charge on any atom is 0.246 e. The lowest BCUT2D eigenvalue weighted by Crippen LogP contribution is -2.39. The van der Waals surface area contributed by atoms with Gasteiger partial charge in [0.1, 0.15) is 0 Å². The minimum Gasteiger partial charge on any atom is -0.339 e. The van der Waals surface area contributed by atoms with E-state index >= 15 is 0 Å². The first kappa shape index (κ1) is 18.1. The van der Waals surface area contributed by atoms with Crippen molar-refractivity contribution in [2.75, 3.05) is 13.1 Å². The first-order valence-corrected chi connectivity index (χ1v) is 9.32. The topological polar surface area (TPSA) is 37.4 Å². The van der Waals surface area contributed by atoms with Gasteiger partial charge in [-0.05, 0) is 36.5 Å². The van der Waals surface area contributed by atoms with Crippen molar-refractivity contribution >= 4 is 17.8 Å². The quantitative estimate of drug-likeness (QED) is 0.594. The number of ketones is 1. The van der Waals surface area contributed by atoms with E-state index in [4.69, 9.17) is 0 Å². The van der Waals surface area contributed by atoms with E-state index < -0.39 is 0 Å². The first-order valence-electron chi connectivity index (χ1n) is 9.32.